The monoisotopic (exact) mass is 268 g/mol. The van der Waals surface area contributed by atoms with Crippen LogP contribution in [-0.2, 0) is 11.0 Å². The first-order valence-corrected chi connectivity index (χ1v) is 7.86. The molecule has 1 aromatic carbocycles. The standard InChI is InChI=1S/C18H24N2/c1-17(2)10-11-18(14-19,20-12-6-3-7-13-20)16-9-5-4-8-15(16)17/h4-5,8-9H,3,6-7,10-13H2,1-2H3. The summed E-state index contributed by atoms with van der Waals surface area (Å²) >= 11 is 0. The summed E-state index contributed by atoms with van der Waals surface area (Å²) in [7, 11) is 0. The van der Waals surface area contributed by atoms with Gasteiger partial charge in [-0.3, -0.25) is 4.90 Å². The molecule has 1 aromatic rings. The average molecular weight is 268 g/mol. The first kappa shape index (κ1) is 13.6. The zero-order valence-electron chi connectivity index (χ0n) is 12.7. The predicted molar refractivity (Wildman–Crippen MR) is 81.4 cm³/mol. The first-order chi connectivity index (χ1) is 9.60. The Morgan fingerprint density at radius 2 is 1.65 bits per heavy atom. The van der Waals surface area contributed by atoms with Gasteiger partial charge in [0.25, 0.3) is 0 Å². The minimum Gasteiger partial charge on any atom is -0.282 e. The van der Waals surface area contributed by atoms with E-state index in [1.807, 2.05) is 0 Å². The minimum atomic E-state index is -0.382. The van der Waals surface area contributed by atoms with E-state index in [4.69, 9.17) is 0 Å². The summed E-state index contributed by atoms with van der Waals surface area (Å²) in [6, 6.07) is 11.3. The van der Waals surface area contributed by atoms with Crippen molar-refractivity contribution in [3.63, 3.8) is 0 Å². The van der Waals surface area contributed by atoms with Crippen LogP contribution in [0.3, 0.4) is 0 Å². The molecule has 0 bridgehead atoms. The van der Waals surface area contributed by atoms with Crippen LogP contribution >= 0.6 is 0 Å². The van der Waals surface area contributed by atoms with Gasteiger partial charge in [0.05, 0.1) is 6.07 Å². The van der Waals surface area contributed by atoms with Crippen molar-refractivity contribution in [1.29, 1.82) is 5.26 Å². The lowest BCUT2D eigenvalue weighted by Crippen LogP contribution is -2.51. The summed E-state index contributed by atoms with van der Waals surface area (Å²) in [4.78, 5) is 2.45. The fourth-order valence-electron chi connectivity index (χ4n) is 3.99. The smallest absolute Gasteiger partial charge is 0.135 e. The maximum absolute atomic E-state index is 10.0. The molecule has 2 heteroatoms. The maximum atomic E-state index is 10.0. The highest BCUT2D eigenvalue weighted by atomic mass is 15.2. The van der Waals surface area contributed by atoms with Gasteiger partial charge in [0, 0.05) is 0 Å². The molecule has 3 rings (SSSR count). The average Bonchev–Trinajstić information content (AvgIpc) is 2.49. The molecule has 0 radical (unpaired) electrons. The third-order valence-corrected chi connectivity index (χ3v) is 5.29. The van der Waals surface area contributed by atoms with E-state index in [0.29, 0.717) is 0 Å². The second kappa shape index (κ2) is 4.90. The third kappa shape index (κ3) is 1.96. The van der Waals surface area contributed by atoms with Crippen molar-refractivity contribution >= 4 is 0 Å². The van der Waals surface area contributed by atoms with E-state index >= 15 is 0 Å². The van der Waals surface area contributed by atoms with Crippen molar-refractivity contribution in [1.82, 2.24) is 4.90 Å². The number of hydrogen-bond acceptors (Lipinski definition) is 2. The fraction of sp³-hybridized carbons (Fsp3) is 0.611. The Morgan fingerprint density at radius 1 is 1.00 bits per heavy atom. The molecule has 1 aliphatic heterocycles. The largest absolute Gasteiger partial charge is 0.282 e. The lowest BCUT2D eigenvalue weighted by molar-refractivity contribution is 0.0832. The molecule has 0 aromatic heterocycles. The van der Waals surface area contributed by atoms with Crippen LogP contribution in [0.4, 0.5) is 0 Å². The molecule has 1 unspecified atom stereocenters. The molecule has 106 valence electrons. The summed E-state index contributed by atoms with van der Waals surface area (Å²) in [5.74, 6) is 0. The molecule has 2 aliphatic rings. The van der Waals surface area contributed by atoms with Crippen LogP contribution in [0.2, 0.25) is 0 Å². The van der Waals surface area contributed by atoms with Crippen molar-refractivity contribution in [2.24, 2.45) is 0 Å². The van der Waals surface area contributed by atoms with Crippen LogP contribution in [0.5, 0.6) is 0 Å². The van der Waals surface area contributed by atoms with Gasteiger partial charge >= 0.3 is 0 Å². The van der Waals surface area contributed by atoms with Crippen LogP contribution in [0, 0.1) is 11.3 Å². The van der Waals surface area contributed by atoms with Gasteiger partial charge in [-0.2, -0.15) is 5.26 Å². The SMILES string of the molecule is CC1(C)CCC(C#N)(N2CCCCC2)c2ccccc21. The number of piperidine rings is 1. The number of likely N-dealkylation sites (tertiary alicyclic amines) is 1. The van der Waals surface area contributed by atoms with Crippen LogP contribution in [0.1, 0.15) is 57.1 Å². The van der Waals surface area contributed by atoms with Crippen molar-refractivity contribution in [2.75, 3.05) is 13.1 Å². The maximum Gasteiger partial charge on any atom is 0.135 e. The van der Waals surface area contributed by atoms with Crippen molar-refractivity contribution in [3.05, 3.63) is 35.4 Å². The van der Waals surface area contributed by atoms with Gasteiger partial charge < -0.3 is 0 Å². The second-order valence-electron chi connectivity index (χ2n) is 6.95. The van der Waals surface area contributed by atoms with Gasteiger partial charge in [-0.15, -0.1) is 0 Å². The van der Waals surface area contributed by atoms with Gasteiger partial charge in [0.15, 0.2) is 0 Å². The fourth-order valence-corrected chi connectivity index (χ4v) is 3.99. The topological polar surface area (TPSA) is 27.0 Å². The summed E-state index contributed by atoms with van der Waals surface area (Å²) in [5.41, 5.74) is 2.44. The molecule has 1 saturated heterocycles. The zero-order valence-corrected chi connectivity index (χ0v) is 12.7. The summed E-state index contributed by atoms with van der Waals surface area (Å²) in [6.07, 6.45) is 5.83. The van der Waals surface area contributed by atoms with Gasteiger partial charge in [-0.1, -0.05) is 44.5 Å². The Balaban J connectivity index is 2.11. The van der Waals surface area contributed by atoms with Gasteiger partial charge in [0.2, 0.25) is 0 Å². The number of nitrogens with zero attached hydrogens (tertiary/aromatic N) is 2. The molecule has 1 aliphatic carbocycles. The molecule has 1 heterocycles. The van der Waals surface area contributed by atoms with Crippen molar-refractivity contribution in [2.45, 2.75) is 56.9 Å². The van der Waals surface area contributed by atoms with Crippen molar-refractivity contribution < 1.29 is 0 Å². The molecular formula is C18H24N2. The molecule has 20 heavy (non-hydrogen) atoms. The number of benzene rings is 1. The molecule has 0 saturated carbocycles. The minimum absolute atomic E-state index is 0.187. The Labute approximate surface area is 122 Å². The van der Waals surface area contributed by atoms with Crippen molar-refractivity contribution in [3.8, 4) is 6.07 Å². The van der Waals surface area contributed by atoms with E-state index in [2.05, 4.69) is 49.1 Å². The van der Waals surface area contributed by atoms with Crippen LogP contribution in [-0.4, -0.2) is 18.0 Å². The third-order valence-electron chi connectivity index (χ3n) is 5.29. The molecule has 1 atom stereocenters. The van der Waals surface area contributed by atoms with E-state index in [0.717, 1.165) is 25.9 Å². The molecule has 2 nitrogen and oxygen atoms in total. The lowest BCUT2D eigenvalue weighted by Gasteiger charge is -2.48. The molecule has 0 N–H and O–H groups in total. The van der Waals surface area contributed by atoms with E-state index in [1.165, 1.54) is 30.4 Å². The molecule has 0 amide bonds. The van der Waals surface area contributed by atoms with Gasteiger partial charge in [-0.05, 0) is 55.3 Å². The predicted octanol–water partition coefficient (Wildman–Crippen LogP) is 3.96. The first-order valence-electron chi connectivity index (χ1n) is 7.86. The molecular weight excluding hydrogens is 244 g/mol. The quantitative estimate of drug-likeness (QED) is 0.770. The normalized spacial score (nSPS) is 29.4. The number of rotatable bonds is 1. The van der Waals surface area contributed by atoms with E-state index in [-0.39, 0.29) is 11.0 Å². The van der Waals surface area contributed by atoms with E-state index in [1.54, 1.807) is 0 Å². The zero-order chi connectivity index (χ0) is 14.2. The summed E-state index contributed by atoms with van der Waals surface area (Å²) in [5, 5.41) is 10.0. The highest BCUT2D eigenvalue weighted by Gasteiger charge is 2.46. The van der Waals surface area contributed by atoms with Crippen LogP contribution in [0.25, 0.3) is 0 Å². The molecule has 0 spiro atoms. The number of fused-ring (bicyclic) bond motifs is 1. The number of hydrogen-bond donors (Lipinski definition) is 0. The summed E-state index contributed by atoms with van der Waals surface area (Å²) < 4.78 is 0. The van der Waals surface area contributed by atoms with Crippen LogP contribution in [0.15, 0.2) is 24.3 Å². The Morgan fingerprint density at radius 3 is 2.30 bits per heavy atom. The lowest BCUT2D eigenvalue weighted by atomic mass is 9.65. The van der Waals surface area contributed by atoms with Gasteiger partial charge in [-0.25, -0.2) is 0 Å². The Bertz CT molecular complexity index is 535. The van der Waals surface area contributed by atoms with E-state index < -0.39 is 0 Å². The Kier molecular flexibility index (Phi) is 3.34. The van der Waals surface area contributed by atoms with E-state index in [9.17, 15) is 5.26 Å². The summed E-state index contributed by atoms with van der Waals surface area (Å²) in [6.45, 7) is 6.76. The van der Waals surface area contributed by atoms with Gasteiger partial charge in [0.1, 0.15) is 5.54 Å². The highest BCUT2D eigenvalue weighted by molar-refractivity contribution is 5.45. The molecule has 1 fully saturated rings. The number of nitriles is 1. The second-order valence-corrected chi connectivity index (χ2v) is 6.95. The highest BCUT2D eigenvalue weighted by Crippen LogP contribution is 2.47. The Hall–Kier alpha value is -1.33. The van der Waals surface area contributed by atoms with Crippen LogP contribution < -0.4 is 0 Å².